The molecule has 0 saturated carbocycles. The molecular formula is C11H13NOS. The van der Waals surface area contributed by atoms with Crippen molar-refractivity contribution in [3.05, 3.63) is 29.1 Å². The van der Waals surface area contributed by atoms with Crippen molar-refractivity contribution in [3.63, 3.8) is 0 Å². The molecule has 74 valence electrons. The van der Waals surface area contributed by atoms with Crippen LogP contribution in [0.5, 0.6) is 5.75 Å². The number of likely N-dealkylation sites (N-methyl/N-ethyl adjacent to an activating group) is 1. The molecule has 2 nitrogen and oxygen atoms in total. The van der Waals surface area contributed by atoms with Gasteiger partial charge in [-0.3, -0.25) is 0 Å². The second-order valence-corrected chi connectivity index (χ2v) is 4.18. The van der Waals surface area contributed by atoms with Gasteiger partial charge in [0.2, 0.25) is 0 Å². The van der Waals surface area contributed by atoms with Crippen LogP contribution in [0.3, 0.4) is 0 Å². The fraction of sp³-hybridized carbons (Fsp3) is 0.273. The number of rotatable bonds is 3. The van der Waals surface area contributed by atoms with Crippen molar-refractivity contribution < 1.29 is 5.11 Å². The maximum absolute atomic E-state index is 9.73. The van der Waals surface area contributed by atoms with Gasteiger partial charge in [-0.25, -0.2) is 0 Å². The summed E-state index contributed by atoms with van der Waals surface area (Å²) in [7, 11) is 1.94. The van der Waals surface area contributed by atoms with Crippen molar-refractivity contribution in [1.29, 1.82) is 0 Å². The van der Waals surface area contributed by atoms with Gasteiger partial charge in [-0.05, 0) is 43.1 Å². The number of aromatic hydroxyl groups is 1. The van der Waals surface area contributed by atoms with Gasteiger partial charge >= 0.3 is 0 Å². The molecular weight excluding hydrogens is 194 g/mol. The summed E-state index contributed by atoms with van der Waals surface area (Å²) < 4.78 is 1.16. The predicted octanol–water partition coefficient (Wildman–Crippen LogP) is 2.37. The van der Waals surface area contributed by atoms with E-state index in [4.69, 9.17) is 0 Å². The minimum Gasteiger partial charge on any atom is -0.507 e. The first-order valence-electron chi connectivity index (χ1n) is 4.65. The van der Waals surface area contributed by atoms with Gasteiger partial charge in [-0.2, -0.15) is 0 Å². The third-order valence-corrected chi connectivity index (χ3v) is 3.29. The number of phenolic OH excluding ortho intramolecular Hbond substituents is 1. The molecule has 2 rings (SSSR count). The van der Waals surface area contributed by atoms with E-state index in [-0.39, 0.29) is 0 Å². The Hall–Kier alpha value is -1.06. The predicted molar refractivity (Wildman–Crippen MR) is 61.1 cm³/mol. The Morgan fingerprint density at radius 1 is 1.43 bits per heavy atom. The number of nitrogens with one attached hydrogen (secondary N) is 1. The number of benzene rings is 1. The number of hydrogen-bond acceptors (Lipinski definition) is 3. The number of phenols is 1. The van der Waals surface area contributed by atoms with E-state index in [1.54, 1.807) is 17.4 Å². The van der Waals surface area contributed by atoms with Gasteiger partial charge in [0.1, 0.15) is 5.75 Å². The molecule has 2 aromatic rings. The highest BCUT2D eigenvalue weighted by Gasteiger charge is 2.06. The summed E-state index contributed by atoms with van der Waals surface area (Å²) in [6, 6.07) is 5.68. The summed E-state index contributed by atoms with van der Waals surface area (Å²) in [6.45, 7) is 0.945. The van der Waals surface area contributed by atoms with Crippen LogP contribution in [0.1, 0.15) is 5.56 Å². The fourth-order valence-corrected chi connectivity index (χ4v) is 2.59. The third-order valence-electron chi connectivity index (χ3n) is 2.30. The largest absolute Gasteiger partial charge is 0.507 e. The molecule has 14 heavy (non-hydrogen) atoms. The Balaban J connectivity index is 2.45. The number of hydrogen-bond donors (Lipinski definition) is 2. The zero-order chi connectivity index (χ0) is 9.97. The highest BCUT2D eigenvalue weighted by molar-refractivity contribution is 7.17. The molecule has 3 heteroatoms. The van der Waals surface area contributed by atoms with Crippen LogP contribution in [0.25, 0.3) is 10.1 Å². The van der Waals surface area contributed by atoms with E-state index < -0.39 is 0 Å². The van der Waals surface area contributed by atoms with Gasteiger partial charge in [0.05, 0.1) is 0 Å². The van der Waals surface area contributed by atoms with Gasteiger partial charge in [0.25, 0.3) is 0 Å². The molecule has 0 atom stereocenters. The van der Waals surface area contributed by atoms with Gasteiger partial charge in [0.15, 0.2) is 0 Å². The Labute approximate surface area is 87.2 Å². The topological polar surface area (TPSA) is 32.3 Å². The zero-order valence-corrected chi connectivity index (χ0v) is 8.90. The van der Waals surface area contributed by atoms with Crippen LogP contribution in [-0.4, -0.2) is 18.7 Å². The molecule has 2 N–H and O–H groups in total. The Kier molecular flexibility index (Phi) is 2.70. The lowest BCUT2D eigenvalue weighted by Gasteiger charge is -2.00. The quantitative estimate of drug-likeness (QED) is 0.810. The SMILES string of the molecule is CNCCc1csc2cccc(O)c12. The molecule has 0 amide bonds. The van der Waals surface area contributed by atoms with Gasteiger partial charge in [-0.15, -0.1) is 11.3 Å². The maximum Gasteiger partial charge on any atom is 0.124 e. The normalized spacial score (nSPS) is 10.9. The van der Waals surface area contributed by atoms with Gasteiger partial charge in [-0.1, -0.05) is 6.07 Å². The molecule has 1 heterocycles. The van der Waals surface area contributed by atoms with E-state index in [1.807, 2.05) is 19.2 Å². The minimum absolute atomic E-state index is 0.398. The lowest BCUT2D eigenvalue weighted by atomic mass is 10.1. The van der Waals surface area contributed by atoms with Crippen molar-refractivity contribution in [2.24, 2.45) is 0 Å². The maximum atomic E-state index is 9.73. The Morgan fingerprint density at radius 2 is 2.29 bits per heavy atom. The van der Waals surface area contributed by atoms with Crippen molar-refractivity contribution in [3.8, 4) is 5.75 Å². The van der Waals surface area contributed by atoms with Crippen molar-refractivity contribution in [1.82, 2.24) is 5.32 Å². The average molecular weight is 207 g/mol. The van der Waals surface area contributed by atoms with Crippen LogP contribution in [0, 0.1) is 0 Å². The molecule has 0 radical (unpaired) electrons. The van der Waals surface area contributed by atoms with E-state index in [9.17, 15) is 5.11 Å². The third kappa shape index (κ3) is 1.61. The molecule has 0 unspecified atom stereocenters. The van der Waals surface area contributed by atoms with E-state index in [2.05, 4.69) is 10.7 Å². The minimum atomic E-state index is 0.398. The van der Waals surface area contributed by atoms with Crippen LogP contribution in [-0.2, 0) is 6.42 Å². The van der Waals surface area contributed by atoms with Gasteiger partial charge < -0.3 is 10.4 Å². The first-order chi connectivity index (χ1) is 6.83. The van der Waals surface area contributed by atoms with E-state index in [0.717, 1.165) is 23.1 Å². The summed E-state index contributed by atoms with van der Waals surface area (Å²) in [5, 5.41) is 16.0. The summed E-state index contributed by atoms with van der Waals surface area (Å²) in [5.41, 5.74) is 1.23. The summed E-state index contributed by atoms with van der Waals surface area (Å²) in [4.78, 5) is 0. The summed E-state index contributed by atoms with van der Waals surface area (Å²) in [5.74, 6) is 0.398. The zero-order valence-electron chi connectivity index (χ0n) is 8.08. The molecule has 0 fully saturated rings. The molecule has 0 spiro atoms. The highest BCUT2D eigenvalue weighted by atomic mass is 32.1. The molecule has 0 saturated heterocycles. The van der Waals surface area contributed by atoms with E-state index >= 15 is 0 Å². The van der Waals surface area contributed by atoms with Crippen molar-refractivity contribution in [2.75, 3.05) is 13.6 Å². The summed E-state index contributed by atoms with van der Waals surface area (Å²) >= 11 is 1.69. The smallest absolute Gasteiger partial charge is 0.124 e. The molecule has 0 bridgehead atoms. The van der Waals surface area contributed by atoms with E-state index in [0.29, 0.717) is 5.75 Å². The molecule has 0 aliphatic rings. The monoisotopic (exact) mass is 207 g/mol. The molecule has 0 aliphatic heterocycles. The second-order valence-electron chi connectivity index (χ2n) is 3.26. The Morgan fingerprint density at radius 3 is 3.07 bits per heavy atom. The lowest BCUT2D eigenvalue weighted by molar-refractivity contribution is 0.481. The van der Waals surface area contributed by atoms with Crippen LogP contribution >= 0.6 is 11.3 Å². The van der Waals surface area contributed by atoms with Gasteiger partial charge in [0, 0.05) is 10.1 Å². The highest BCUT2D eigenvalue weighted by Crippen LogP contribution is 2.32. The fourth-order valence-electron chi connectivity index (χ4n) is 1.58. The number of fused-ring (bicyclic) bond motifs is 1. The van der Waals surface area contributed by atoms with E-state index in [1.165, 1.54) is 5.56 Å². The molecule has 1 aromatic carbocycles. The summed E-state index contributed by atoms with van der Waals surface area (Å²) in [6.07, 6.45) is 0.966. The standard InChI is InChI=1S/C11H13NOS/c1-12-6-5-8-7-14-10-4-2-3-9(13)11(8)10/h2-4,7,12-13H,5-6H2,1H3. The lowest BCUT2D eigenvalue weighted by Crippen LogP contribution is -2.09. The van der Waals surface area contributed by atoms with Crippen molar-refractivity contribution in [2.45, 2.75) is 6.42 Å². The second kappa shape index (κ2) is 3.98. The Bertz CT molecular complexity index is 436. The van der Waals surface area contributed by atoms with Crippen LogP contribution in [0.2, 0.25) is 0 Å². The number of thiophene rings is 1. The molecule has 1 aromatic heterocycles. The average Bonchev–Trinajstić information content (AvgIpc) is 2.59. The van der Waals surface area contributed by atoms with Crippen LogP contribution in [0.15, 0.2) is 23.6 Å². The molecule has 0 aliphatic carbocycles. The van der Waals surface area contributed by atoms with Crippen LogP contribution in [0.4, 0.5) is 0 Å². The van der Waals surface area contributed by atoms with Crippen LogP contribution < -0.4 is 5.32 Å². The first-order valence-corrected chi connectivity index (χ1v) is 5.53. The van der Waals surface area contributed by atoms with Crippen molar-refractivity contribution >= 4 is 21.4 Å². The first kappa shape index (κ1) is 9.49.